The highest BCUT2D eigenvalue weighted by Crippen LogP contribution is 2.38. The van der Waals surface area contributed by atoms with E-state index in [2.05, 4.69) is 24.1 Å². The zero-order valence-electron chi connectivity index (χ0n) is 13.7. The Kier molecular flexibility index (Phi) is 6.06. The molecule has 2 fully saturated rings. The molecule has 1 heterocycles. The first kappa shape index (κ1) is 16.8. The summed E-state index contributed by atoms with van der Waals surface area (Å²) in [7, 11) is 0. The molecular formula is C17H32N2O2. The van der Waals surface area contributed by atoms with Gasteiger partial charge in [-0.05, 0) is 71.0 Å². The largest absolute Gasteiger partial charge is 0.480 e. The molecule has 2 N–H and O–H groups in total. The van der Waals surface area contributed by atoms with Gasteiger partial charge in [-0.15, -0.1) is 0 Å². The van der Waals surface area contributed by atoms with Gasteiger partial charge in [-0.1, -0.05) is 19.8 Å². The first-order valence-electron chi connectivity index (χ1n) is 8.82. The van der Waals surface area contributed by atoms with Crippen molar-refractivity contribution < 1.29 is 9.90 Å². The average molecular weight is 296 g/mol. The van der Waals surface area contributed by atoms with Crippen LogP contribution in [-0.4, -0.2) is 47.2 Å². The van der Waals surface area contributed by atoms with Crippen LogP contribution in [0.1, 0.15) is 65.2 Å². The lowest BCUT2D eigenvalue weighted by atomic mass is 9.84. The lowest BCUT2D eigenvalue weighted by molar-refractivity contribution is -0.146. The summed E-state index contributed by atoms with van der Waals surface area (Å²) in [6.07, 6.45) is 8.85. The number of rotatable bonds is 7. The number of nitrogens with one attached hydrogen (secondary N) is 1. The molecule has 2 aliphatic rings. The Morgan fingerprint density at radius 3 is 2.81 bits per heavy atom. The van der Waals surface area contributed by atoms with Gasteiger partial charge in [-0.2, -0.15) is 0 Å². The Labute approximate surface area is 129 Å². The topological polar surface area (TPSA) is 52.6 Å². The molecular weight excluding hydrogens is 264 g/mol. The summed E-state index contributed by atoms with van der Waals surface area (Å²) in [5.41, 5.74) is -0.658. The standard InChI is InChI=1S/C17H32N2O2/c1-3-11-18-17(16(20)21)10-6-8-15(17)9-13-19-12-5-4-7-14(19)2/h14-15,18H,3-13H2,1-2H3,(H,20,21). The van der Waals surface area contributed by atoms with Gasteiger partial charge in [0, 0.05) is 6.04 Å². The van der Waals surface area contributed by atoms with Gasteiger partial charge in [-0.3, -0.25) is 4.79 Å². The maximum absolute atomic E-state index is 11.9. The SMILES string of the molecule is CCCNC1(C(=O)O)CCCC1CCN1CCCCC1C. The third kappa shape index (κ3) is 3.78. The summed E-state index contributed by atoms with van der Waals surface area (Å²) in [6, 6.07) is 0.669. The summed E-state index contributed by atoms with van der Waals surface area (Å²) in [5, 5.41) is 13.1. The van der Waals surface area contributed by atoms with Gasteiger partial charge >= 0.3 is 5.97 Å². The first-order chi connectivity index (χ1) is 10.1. The fourth-order valence-corrected chi connectivity index (χ4v) is 4.22. The van der Waals surface area contributed by atoms with Crippen molar-refractivity contribution in [2.75, 3.05) is 19.6 Å². The van der Waals surface area contributed by atoms with Crippen LogP contribution in [0.2, 0.25) is 0 Å². The Bertz CT molecular complexity index is 348. The molecule has 2 rings (SSSR count). The van der Waals surface area contributed by atoms with Gasteiger partial charge in [0.25, 0.3) is 0 Å². The highest BCUT2D eigenvalue weighted by Gasteiger charge is 2.48. The Balaban J connectivity index is 1.94. The second-order valence-electron chi connectivity index (χ2n) is 6.96. The lowest BCUT2D eigenvalue weighted by Crippen LogP contribution is -2.55. The second-order valence-corrected chi connectivity index (χ2v) is 6.96. The Morgan fingerprint density at radius 1 is 1.33 bits per heavy atom. The van der Waals surface area contributed by atoms with Crippen LogP contribution < -0.4 is 5.32 Å². The third-order valence-corrected chi connectivity index (χ3v) is 5.60. The normalized spacial score (nSPS) is 34.2. The van der Waals surface area contributed by atoms with Crippen molar-refractivity contribution in [3.05, 3.63) is 0 Å². The third-order valence-electron chi connectivity index (χ3n) is 5.60. The highest BCUT2D eigenvalue weighted by molar-refractivity contribution is 5.79. The van der Waals surface area contributed by atoms with Crippen molar-refractivity contribution in [1.29, 1.82) is 0 Å². The van der Waals surface area contributed by atoms with E-state index in [0.29, 0.717) is 6.04 Å². The Morgan fingerprint density at radius 2 is 2.14 bits per heavy atom. The molecule has 3 atom stereocenters. The molecule has 0 aromatic rings. The van der Waals surface area contributed by atoms with E-state index in [-0.39, 0.29) is 5.92 Å². The molecule has 0 amide bonds. The van der Waals surface area contributed by atoms with Crippen LogP contribution in [0.3, 0.4) is 0 Å². The maximum atomic E-state index is 11.9. The number of carboxylic acid groups (broad SMARTS) is 1. The molecule has 0 aromatic heterocycles. The highest BCUT2D eigenvalue weighted by atomic mass is 16.4. The number of nitrogens with zero attached hydrogens (tertiary/aromatic N) is 1. The zero-order valence-corrected chi connectivity index (χ0v) is 13.7. The van der Waals surface area contributed by atoms with Gasteiger partial charge in [0.05, 0.1) is 0 Å². The number of carboxylic acids is 1. The van der Waals surface area contributed by atoms with Crippen LogP contribution in [0.15, 0.2) is 0 Å². The van der Waals surface area contributed by atoms with Crippen LogP contribution >= 0.6 is 0 Å². The smallest absolute Gasteiger partial charge is 0.324 e. The summed E-state index contributed by atoms with van der Waals surface area (Å²) in [4.78, 5) is 14.4. The monoisotopic (exact) mass is 296 g/mol. The van der Waals surface area contributed by atoms with Crippen molar-refractivity contribution in [3.8, 4) is 0 Å². The molecule has 4 heteroatoms. The summed E-state index contributed by atoms with van der Waals surface area (Å²) in [6.45, 7) is 7.48. The number of hydrogen-bond donors (Lipinski definition) is 2. The van der Waals surface area contributed by atoms with Crippen LogP contribution in [0.5, 0.6) is 0 Å². The minimum atomic E-state index is -0.658. The molecule has 1 saturated carbocycles. The molecule has 0 bridgehead atoms. The van der Waals surface area contributed by atoms with Crippen molar-refractivity contribution >= 4 is 5.97 Å². The van der Waals surface area contributed by atoms with Crippen molar-refractivity contribution in [3.63, 3.8) is 0 Å². The maximum Gasteiger partial charge on any atom is 0.324 e. The first-order valence-corrected chi connectivity index (χ1v) is 8.82. The zero-order chi connectivity index (χ0) is 15.3. The molecule has 4 nitrogen and oxygen atoms in total. The van der Waals surface area contributed by atoms with Crippen molar-refractivity contribution in [2.24, 2.45) is 5.92 Å². The number of carbonyl (C=O) groups is 1. The molecule has 0 radical (unpaired) electrons. The van der Waals surface area contributed by atoms with Crippen LogP contribution in [0, 0.1) is 5.92 Å². The van der Waals surface area contributed by atoms with E-state index < -0.39 is 11.5 Å². The summed E-state index contributed by atoms with van der Waals surface area (Å²) < 4.78 is 0. The van der Waals surface area contributed by atoms with Crippen LogP contribution in [0.4, 0.5) is 0 Å². The fourth-order valence-electron chi connectivity index (χ4n) is 4.22. The molecule has 1 aliphatic carbocycles. The fraction of sp³-hybridized carbons (Fsp3) is 0.941. The summed E-state index contributed by atoms with van der Waals surface area (Å²) >= 11 is 0. The molecule has 122 valence electrons. The molecule has 0 spiro atoms. The van der Waals surface area contributed by atoms with E-state index in [9.17, 15) is 9.90 Å². The quantitative estimate of drug-likeness (QED) is 0.758. The van der Waals surface area contributed by atoms with E-state index >= 15 is 0 Å². The number of piperidine rings is 1. The van der Waals surface area contributed by atoms with Gasteiger partial charge in [0.2, 0.25) is 0 Å². The Hall–Kier alpha value is -0.610. The van der Waals surface area contributed by atoms with Crippen LogP contribution in [0.25, 0.3) is 0 Å². The minimum Gasteiger partial charge on any atom is -0.480 e. The minimum absolute atomic E-state index is 0.288. The second kappa shape index (κ2) is 7.59. The van der Waals surface area contributed by atoms with E-state index in [1.54, 1.807) is 0 Å². The number of likely N-dealkylation sites (tertiary alicyclic amines) is 1. The lowest BCUT2D eigenvalue weighted by Gasteiger charge is -2.37. The van der Waals surface area contributed by atoms with Gasteiger partial charge in [-0.25, -0.2) is 0 Å². The molecule has 3 unspecified atom stereocenters. The van der Waals surface area contributed by atoms with E-state index in [0.717, 1.165) is 45.2 Å². The predicted octanol–water partition coefficient (Wildman–Crippen LogP) is 2.87. The van der Waals surface area contributed by atoms with Crippen molar-refractivity contribution in [1.82, 2.24) is 10.2 Å². The van der Waals surface area contributed by atoms with Gasteiger partial charge < -0.3 is 15.3 Å². The molecule has 21 heavy (non-hydrogen) atoms. The van der Waals surface area contributed by atoms with Gasteiger partial charge in [0.1, 0.15) is 5.54 Å². The van der Waals surface area contributed by atoms with Crippen LogP contribution in [-0.2, 0) is 4.79 Å². The summed E-state index contributed by atoms with van der Waals surface area (Å²) in [5.74, 6) is -0.346. The predicted molar refractivity (Wildman–Crippen MR) is 85.5 cm³/mol. The van der Waals surface area contributed by atoms with E-state index in [1.807, 2.05) is 0 Å². The molecule has 0 aromatic carbocycles. The van der Waals surface area contributed by atoms with E-state index in [4.69, 9.17) is 0 Å². The van der Waals surface area contributed by atoms with Crippen molar-refractivity contribution in [2.45, 2.75) is 76.8 Å². The van der Waals surface area contributed by atoms with E-state index in [1.165, 1.54) is 25.8 Å². The molecule has 1 aliphatic heterocycles. The number of aliphatic carboxylic acids is 1. The molecule has 1 saturated heterocycles. The van der Waals surface area contributed by atoms with Gasteiger partial charge in [0.15, 0.2) is 0 Å². The average Bonchev–Trinajstić information content (AvgIpc) is 2.88. The number of hydrogen-bond acceptors (Lipinski definition) is 3.